The van der Waals surface area contributed by atoms with Crippen LogP contribution in [0.4, 0.5) is 0 Å². The summed E-state index contributed by atoms with van der Waals surface area (Å²) < 4.78 is 7.46. The summed E-state index contributed by atoms with van der Waals surface area (Å²) in [5, 5.41) is 2.77. The number of nitrogens with one attached hydrogen (secondary N) is 1. The quantitative estimate of drug-likeness (QED) is 0.794. The lowest BCUT2D eigenvalue weighted by Crippen LogP contribution is -2.43. The van der Waals surface area contributed by atoms with Crippen molar-refractivity contribution in [1.82, 2.24) is 9.88 Å². The Bertz CT molecular complexity index is 509. The number of rotatable bonds is 6. The van der Waals surface area contributed by atoms with E-state index in [9.17, 15) is 9.59 Å². The van der Waals surface area contributed by atoms with Crippen LogP contribution in [0.5, 0.6) is 0 Å². The van der Waals surface area contributed by atoms with Gasteiger partial charge in [-0.2, -0.15) is 0 Å². The number of ether oxygens (including phenoxy) is 1. The molecule has 0 aromatic carbocycles. The highest BCUT2D eigenvalue weighted by atomic mass is 79.9. The lowest BCUT2D eigenvalue weighted by Gasteiger charge is -2.19. The summed E-state index contributed by atoms with van der Waals surface area (Å²) in [5.74, 6) is -0.415. The number of aromatic nitrogens is 1. The van der Waals surface area contributed by atoms with E-state index < -0.39 is 12.0 Å². The van der Waals surface area contributed by atoms with Crippen LogP contribution in [0.2, 0.25) is 0 Å². The molecule has 0 spiro atoms. The molecule has 1 heterocycles. The predicted molar refractivity (Wildman–Crippen MR) is 85.2 cm³/mol. The molecule has 6 heteroatoms. The van der Waals surface area contributed by atoms with Crippen molar-refractivity contribution in [2.24, 2.45) is 5.92 Å². The Balaban J connectivity index is 2.94. The Hall–Kier alpha value is -1.30. The number of methoxy groups -OCH3 is 1. The van der Waals surface area contributed by atoms with Crippen LogP contribution in [-0.2, 0) is 9.53 Å². The number of hydrogen-bond donors (Lipinski definition) is 1. The molecule has 1 aromatic rings. The van der Waals surface area contributed by atoms with Crippen molar-refractivity contribution >= 4 is 27.8 Å². The number of nitrogens with zero attached hydrogens (tertiary/aromatic N) is 1. The maximum absolute atomic E-state index is 12.4. The highest BCUT2D eigenvalue weighted by molar-refractivity contribution is 9.10. The topological polar surface area (TPSA) is 60.3 Å². The lowest BCUT2D eigenvalue weighted by molar-refractivity contribution is -0.143. The van der Waals surface area contributed by atoms with E-state index in [1.165, 1.54) is 7.11 Å². The van der Waals surface area contributed by atoms with Crippen LogP contribution in [-0.4, -0.2) is 29.6 Å². The number of esters is 1. The molecule has 1 N–H and O–H groups in total. The average Bonchev–Trinajstić information content (AvgIpc) is 2.78. The summed E-state index contributed by atoms with van der Waals surface area (Å²) in [6, 6.07) is 1.27. The van der Waals surface area contributed by atoms with E-state index in [-0.39, 0.29) is 17.9 Å². The standard InChI is InChI=1S/C15H23BrN2O3/c1-9(2)6-12(15(20)21-5)17-14(19)13-7-11(16)8-18(13)10(3)4/h7-10,12H,6H2,1-5H3,(H,17,19). The van der Waals surface area contributed by atoms with E-state index >= 15 is 0 Å². The second kappa shape index (κ2) is 7.64. The molecule has 0 saturated heterocycles. The van der Waals surface area contributed by atoms with Gasteiger partial charge in [-0.05, 0) is 48.2 Å². The number of carbonyl (C=O) groups excluding carboxylic acids is 2. The Labute approximate surface area is 134 Å². The monoisotopic (exact) mass is 358 g/mol. The van der Waals surface area contributed by atoms with Crippen LogP contribution in [0, 0.1) is 5.92 Å². The smallest absolute Gasteiger partial charge is 0.328 e. The van der Waals surface area contributed by atoms with Crippen molar-refractivity contribution in [2.75, 3.05) is 7.11 Å². The zero-order chi connectivity index (χ0) is 16.2. The van der Waals surface area contributed by atoms with E-state index in [1.807, 2.05) is 38.5 Å². The predicted octanol–water partition coefficient (Wildman–Crippen LogP) is 3.15. The first-order chi connectivity index (χ1) is 9.76. The minimum atomic E-state index is -0.628. The molecule has 21 heavy (non-hydrogen) atoms. The minimum absolute atomic E-state index is 0.152. The first-order valence-corrected chi connectivity index (χ1v) is 7.81. The van der Waals surface area contributed by atoms with Gasteiger partial charge in [0.25, 0.3) is 5.91 Å². The Morgan fingerprint density at radius 2 is 1.95 bits per heavy atom. The second-order valence-corrected chi connectivity index (χ2v) is 6.64. The molecular formula is C15H23BrN2O3. The molecule has 5 nitrogen and oxygen atoms in total. The van der Waals surface area contributed by atoms with Crippen molar-refractivity contribution in [3.8, 4) is 0 Å². The van der Waals surface area contributed by atoms with Crippen LogP contribution in [0.1, 0.15) is 50.6 Å². The van der Waals surface area contributed by atoms with Gasteiger partial charge in [-0.3, -0.25) is 4.79 Å². The molecule has 0 aliphatic heterocycles. The molecule has 0 fully saturated rings. The van der Waals surface area contributed by atoms with Crippen LogP contribution < -0.4 is 5.32 Å². The molecular weight excluding hydrogens is 336 g/mol. The Morgan fingerprint density at radius 3 is 2.43 bits per heavy atom. The first-order valence-electron chi connectivity index (χ1n) is 7.02. The minimum Gasteiger partial charge on any atom is -0.467 e. The van der Waals surface area contributed by atoms with Gasteiger partial charge in [0.15, 0.2) is 0 Å². The largest absolute Gasteiger partial charge is 0.467 e. The SMILES string of the molecule is COC(=O)C(CC(C)C)NC(=O)c1cc(Br)cn1C(C)C. The van der Waals surface area contributed by atoms with Crippen LogP contribution in [0.15, 0.2) is 16.7 Å². The third kappa shape index (κ3) is 4.88. The van der Waals surface area contributed by atoms with Crippen LogP contribution in [0.25, 0.3) is 0 Å². The van der Waals surface area contributed by atoms with Crippen molar-refractivity contribution in [3.63, 3.8) is 0 Å². The molecule has 1 unspecified atom stereocenters. The fraction of sp³-hybridized carbons (Fsp3) is 0.600. The van der Waals surface area contributed by atoms with Crippen molar-refractivity contribution in [3.05, 3.63) is 22.4 Å². The fourth-order valence-electron chi connectivity index (χ4n) is 2.11. The fourth-order valence-corrected chi connectivity index (χ4v) is 2.55. The summed E-state index contributed by atoms with van der Waals surface area (Å²) in [5.41, 5.74) is 0.523. The number of carbonyl (C=O) groups is 2. The third-order valence-corrected chi connectivity index (χ3v) is 3.54. The lowest BCUT2D eigenvalue weighted by atomic mass is 10.0. The van der Waals surface area contributed by atoms with Gasteiger partial charge in [0.05, 0.1) is 7.11 Å². The van der Waals surface area contributed by atoms with Crippen molar-refractivity contribution in [2.45, 2.75) is 46.2 Å². The van der Waals surface area contributed by atoms with Gasteiger partial charge >= 0.3 is 5.97 Å². The van der Waals surface area contributed by atoms with E-state index in [0.29, 0.717) is 12.1 Å². The summed E-state index contributed by atoms with van der Waals surface area (Å²) in [7, 11) is 1.33. The second-order valence-electron chi connectivity index (χ2n) is 5.72. The van der Waals surface area contributed by atoms with E-state index in [1.54, 1.807) is 6.07 Å². The van der Waals surface area contributed by atoms with E-state index in [0.717, 1.165) is 4.47 Å². The van der Waals surface area contributed by atoms with Gasteiger partial charge in [-0.15, -0.1) is 0 Å². The van der Waals surface area contributed by atoms with Gasteiger partial charge in [-0.25, -0.2) is 4.79 Å². The summed E-state index contributed by atoms with van der Waals surface area (Å²) in [6.45, 7) is 7.98. The number of amides is 1. The van der Waals surface area contributed by atoms with E-state index in [2.05, 4.69) is 21.2 Å². The first kappa shape index (κ1) is 17.8. The average molecular weight is 359 g/mol. The van der Waals surface area contributed by atoms with Gasteiger partial charge in [-0.1, -0.05) is 13.8 Å². The molecule has 1 aromatic heterocycles. The third-order valence-electron chi connectivity index (χ3n) is 3.10. The van der Waals surface area contributed by atoms with Crippen LogP contribution in [0.3, 0.4) is 0 Å². The number of hydrogen-bond acceptors (Lipinski definition) is 3. The van der Waals surface area contributed by atoms with Gasteiger partial charge in [0.2, 0.25) is 0 Å². The molecule has 1 amide bonds. The Morgan fingerprint density at radius 1 is 1.33 bits per heavy atom. The van der Waals surface area contributed by atoms with E-state index in [4.69, 9.17) is 4.74 Å². The van der Waals surface area contributed by atoms with Crippen molar-refractivity contribution in [1.29, 1.82) is 0 Å². The summed E-state index contributed by atoms with van der Waals surface area (Å²) in [4.78, 5) is 24.2. The maximum Gasteiger partial charge on any atom is 0.328 e. The molecule has 0 bridgehead atoms. The molecule has 0 saturated carbocycles. The summed E-state index contributed by atoms with van der Waals surface area (Å²) >= 11 is 3.38. The molecule has 0 aliphatic rings. The van der Waals surface area contributed by atoms with Gasteiger partial charge < -0.3 is 14.6 Å². The highest BCUT2D eigenvalue weighted by Crippen LogP contribution is 2.19. The zero-order valence-corrected chi connectivity index (χ0v) is 14.7. The highest BCUT2D eigenvalue weighted by Gasteiger charge is 2.25. The normalized spacial score (nSPS) is 12.6. The van der Waals surface area contributed by atoms with Crippen molar-refractivity contribution < 1.29 is 14.3 Å². The Kier molecular flexibility index (Phi) is 6.45. The molecule has 1 rings (SSSR count). The summed E-state index contributed by atoms with van der Waals surface area (Å²) in [6.07, 6.45) is 2.40. The van der Waals surface area contributed by atoms with Crippen LogP contribution >= 0.6 is 15.9 Å². The maximum atomic E-state index is 12.4. The molecule has 0 radical (unpaired) electrons. The molecule has 0 aliphatic carbocycles. The zero-order valence-electron chi connectivity index (χ0n) is 13.1. The molecule has 118 valence electrons. The van der Waals surface area contributed by atoms with Gasteiger partial charge in [0.1, 0.15) is 11.7 Å². The van der Waals surface area contributed by atoms with Gasteiger partial charge in [0, 0.05) is 16.7 Å². The molecule has 1 atom stereocenters. The number of halogens is 1.